The van der Waals surface area contributed by atoms with E-state index < -0.39 is 10.0 Å². The van der Waals surface area contributed by atoms with E-state index in [4.69, 9.17) is 9.57 Å². The molecule has 4 heterocycles. The van der Waals surface area contributed by atoms with E-state index in [1.165, 1.54) is 18.5 Å². The van der Waals surface area contributed by atoms with Crippen molar-refractivity contribution in [3.05, 3.63) is 66.2 Å². The van der Waals surface area contributed by atoms with Crippen molar-refractivity contribution in [3.63, 3.8) is 0 Å². The summed E-state index contributed by atoms with van der Waals surface area (Å²) in [5, 5.41) is 8.18. The van der Waals surface area contributed by atoms with Crippen LogP contribution in [0.15, 0.2) is 60.0 Å². The summed E-state index contributed by atoms with van der Waals surface area (Å²) >= 11 is 0. The molecule has 12 nitrogen and oxygen atoms in total. The second-order valence-corrected chi connectivity index (χ2v) is 12.1. The van der Waals surface area contributed by atoms with E-state index in [0.717, 1.165) is 41.7 Å². The highest BCUT2D eigenvalue weighted by atomic mass is 32.2. The number of aromatic nitrogens is 7. The standard InChI is InChI=1S/C28H32N8O4S/c1-4-6-24-20(5-2)13-25(39-24)35-17-31-26-27(35)29-16-30-28(26)40-36-23-14-21(11-12-22(23)33-34-36)41(37,38)32-15-19-9-7-18(3)8-10-19/h7-12,14,16-17,20,24-25,32H,4-6,13,15H2,1-3H3/t20?,24-,25-/m1/s1. The van der Waals surface area contributed by atoms with Crippen molar-refractivity contribution in [1.82, 2.24) is 39.4 Å². The number of aryl methyl sites for hydroxylation is 1. The number of rotatable bonds is 10. The summed E-state index contributed by atoms with van der Waals surface area (Å²) in [4.78, 5) is 20.5. The Morgan fingerprint density at radius 3 is 2.71 bits per heavy atom. The number of ether oxygens (including phenoxy) is 1. The average Bonchev–Trinajstić information content (AvgIpc) is 3.70. The second-order valence-electron chi connectivity index (χ2n) is 10.3. The molecule has 0 amide bonds. The van der Waals surface area contributed by atoms with Crippen molar-refractivity contribution in [2.75, 3.05) is 0 Å². The zero-order chi connectivity index (χ0) is 28.6. The average molecular weight is 577 g/mol. The Morgan fingerprint density at radius 1 is 1.10 bits per heavy atom. The Labute approximate surface area is 237 Å². The SMILES string of the molecule is CCC[C@H]1O[C@@H](n2cnc3c(On4nnc5ccc(S(=O)(=O)NCc6ccc(C)cc6)cc54)ncnc32)CC1CC. The van der Waals surface area contributed by atoms with Crippen LogP contribution in [-0.2, 0) is 21.3 Å². The molecular formula is C28H32N8O4S. The number of imidazole rings is 1. The molecule has 0 radical (unpaired) electrons. The van der Waals surface area contributed by atoms with E-state index in [1.807, 2.05) is 35.8 Å². The third-order valence-electron chi connectivity index (χ3n) is 7.55. The molecule has 0 bridgehead atoms. The van der Waals surface area contributed by atoms with Crippen LogP contribution in [0, 0.1) is 12.8 Å². The van der Waals surface area contributed by atoms with E-state index in [0.29, 0.717) is 28.1 Å². The van der Waals surface area contributed by atoms with Crippen LogP contribution in [0.25, 0.3) is 22.2 Å². The molecule has 214 valence electrons. The van der Waals surface area contributed by atoms with Gasteiger partial charge in [-0.15, -0.1) is 5.10 Å². The van der Waals surface area contributed by atoms with Crippen LogP contribution in [0.3, 0.4) is 0 Å². The summed E-state index contributed by atoms with van der Waals surface area (Å²) in [5.41, 5.74) is 3.81. The molecule has 0 spiro atoms. The maximum atomic E-state index is 13.1. The summed E-state index contributed by atoms with van der Waals surface area (Å²) in [6.07, 6.45) is 7.16. The molecule has 1 saturated heterocycles. The van der Waals surface area contributed by atoms with Gasteiger partial charge in [-0.05, 0) is 54.7 Å². The van der Waals surface area contributed by atoms with E-state index >= 15 is 0 Å². The van der Waals surface area contributed by atoms with E-state index in [2.05, 4.69) is 43.8 Å². The fourth-order valence-electron chi connectivity index (χ4n) is 5.25. The van der Waals surface area contributed by atoms with E-state index in [9.17, 15) is 8.42 Å². The van der Waals surface area contributed by atoms with Crippen molar-refractivity contribution in [1.29, 1.82) is 0 Å². The smallest absolute Gasteiger partial charge is 0.280 e. The fraction of sp³-hybridized carbons (Fsp3) is 0.393. The van der Waals surface area contributed by atoms with Gasteiger partial charge in [0, 0.05) is 6.54 Å². The molecule has 0 saturated carbocycles. The predicted molar refractivity (Wildman–Crippen MR) is 151 cm³/mol. The molecule has 6 rings (SSSR count). The van der Waals surface area contributed by atoms with Gasteiger partial charge in [-0.3, -0.25) is 4.57 Å². The number of hydrogen-bond donors (Lipinski definition) is 1. The minimum Gasteiger partial charge on any atom is -0.354 e. The highest BCUT2D eigenvalue weighted by molar-refractivity contribution is 7.89. The molecule has 2 aromatic carbocycles. The van der Waals surface area contributed by atoms with E-state index in [1.54, 1.807) is 12.4 Å². The highest BCUT2D eigenvalue weighted by Crippen LogP contribution is 2.39. The van der Waals surface area contributed by atoms with Crippen molar-refractivity contribution in [2.24, 2.45) is 5.92 Å². The van der Waals surface area contributed by atoms with E-state index in [-0.39, 0.29) is 29.7 Å². The van der Waals surface area contributed by atoms with Gasteiger partial charge in [0.1, 0.15) is 23.6 Å². The topological polar surface area (TPSA) is 139 Å². The maximum absolute atomic E-state index is 13.1. The largest absolute Gasteiger partial charge is 0.354 e. The number of benzene rings is 2. The van der Waals surface area contributed by atoms with Gasteiger partial charge in [0.05, 0.1) is 17.3 Å². The van der Waals surface area contributed by atoms with Crippen molar-refractivity contribution in [3.8, 4) is 5.88 Å². The molecule has 41 heavy (non-hydrogen) atoms. The molecule has 1 fully saturated rings. The van der Waals surface area contributed by atoms with Crippen molar-refractivity contribution in [2.45, 2.75) is 70.2 Å². The molecular weight excluding hydrogens is 544 g/mol. The minimum atomic E-state index is -3.81. The fourth-order valence-corrected chi connectivity index (χ4v) is 6.28. The van der Waals surface area contributed by atoms with Gasteiger partial charge in [0.2, 0.25) is 10.0 Å². The van der Waals surface area contributed by atoms with Crippen LogP contribution < -0.4 is 9.56 Å². The number of nitrogens with zero attached hydrogens (tertiary/aromatic N) is 7. The van der Waals surface area contributed by atoms with Gasteiger partial charge in [0.15, 0.2) is 11.2 Å². The Balaban J connectivity index is 1.25. The summed E-state index contributed by atoms with van der Waals surface area (Å²) in [6.45, 7) is 6.51. The number of sulfonamides is 1. The summed E-state index contributed by atoms with van der Waals surface area (Å²) in [7, 11) is -3.81. The molecule has 13 heteroatoms. The highest BCUT2D eigenvalue weighted by Gasteiger charge is 2.35. The van der Waals surface area contributed by atoms with Gasteiger partial charge in [-0.25, -0.2) is 23.1 Å². The predicted octanol–water partition coefficient (Wildman–Crippen LogP) is 4.31. The number of hydrogen-bond acceptors (Lipinski definition) is 9. The third kappa shape index (κ3) is 5.39. The van der Waals surface area contributed by atoms with Crippen molar-refractivity contribution < 1.29 is 18.0 Å². The van der Waals surface area contributed by atoms with Gasteiger partial charge >= 0.3 is 0 Å². The van der Waals surface area contributed by atoms with Gasteiger partial charge in [0.25, 0.3) is 5.88 Å². The second kappa shape index (κ2) is 11.1. The Hall–Kier alpha value is -3.94. The first-order valence-corrected chi connectivity index (χ1v) is 15.3. The van der Waals surface area contributed by atoms with Crippen LogP contribution in [-0.4, -0.2) is 49.2 Å². The summed E-state index contributed by atoms with van der Waals surface area (Å²) in [6, 6.07) is 12.2. The van der Waals surface area contributed by atoms with Gasteiger partial charge < -0.3 is 9.57 Å². The maximum Gasteiger partial charge on any atom is 0.280 e. The van der Waals surface area contributed by atoms with Crippen LogP contribution in [0.4, 0.5) is 0 Å². The molecule has 1 N–H and O–H groups in total. The monoisotopic (exact) mass is 576 g/mol. The first-order valence-electron chi connectivity index (χ1n) is 13.8. The minimum absolute atomic E-state index is 0.0619. The molecule has 5 aromatic rings. The van der Waals surface area contributed by atoms with Gasteiger partial charge in [-0.1, -0.05) is 61.4 Å². The van der Waals surface area contributed by atoms with Crippen molar-refractivity contribution >= 4 is 32.2 Å². The Bertz CT molecular complexity index is 1780. The van der Waals surface area contributed by atoms with Crippen LogP contribution >= 0.6 is 0 Å². The molecule has 3 aromatic heterocycles. The Kier molecular flexibility index (Phi) is 7.41. The van der Waals surface area contributed by atoms with Gasteiger partial charge in [-0.2, -0.15) is 4.98 Å². The zero-order valence-electron chi connectivity index (χ0n) is 23.1. The molecule has 1 unspecified atom stereocenters. The zero-order valence-corrected chi connectivity index (χ0v) is 24.0. The molecule has 1 aliphatic rings. The lowest BCUT2D eigenvalue weighted by Crippen LogP contribution is -2.23. The lowest BCUT2D eigenvalue weighted by Gasteiger charge is -2.16. The quantitative estimate of drug-likeness (QED) is 0.258. The molecule has 1 aliphatic heterocycles. The summed E-state index contributed by atoms with van der Waals surface area (Å²) in [5.74, 6) is 0.648. The molecule has 0 aliphatic carbocycles. The normalized spacial score (nSPS) is 19.3. The van der Waals surface area contributed by atoms with Crippen LogP contribution in [0.5, 0.6) is 5.88 Å². The van der Waals surface area contributed by atoms with Crippen LogP contribution in [0.2, 0.25) is 0 Å². The molecule has 3 atom stereocenters. The first kappa shape index (κ1) is 27.2. The number of fused-ring (bicyclic) bond motifs is 2. The summed E-state index contributed by atoms with van der Waals surface area (Å²) < 4.78 is 37.1. The van der Waals surface area contributed by atoms with Crippen LogP contribution in [0.1, 0.15) is 56.9 Å². The number of nitrogens with one attached hydrogen (secondary N) is 1. The third-order valence-corrected chi connectivity index (χ3v) is 8.95. The lowest BCUT2D eigenvalue weighted by molar-refractivity contribution is -0.00709. The first-order chi connectivity index (χ1) is 19.9. The Morgan fingerprint density at radius 2 is 1.93 bits per heavy atom. The lowest BCUT2D eigenvalue weighted by atomic mass is 9.95.